The first-order chi connectivity index (χ1) is 9.15. The van der Waals surface area contributed by atoms with E-state index in [9.17, 15) is 14.7 Å². The van der Waals surface area contributed by atoms with Gasteiger partial charge in [-0.2, -0.15) is 0 Å². The number of hydrogen-bond acceptors (Lipinski definition) is 4. The second kappa shape index (κ2) is 5.81. The maximum absolute atomic E-state index is 11.2. The maximum Gasteiger partial charge on any atom is 0.347 e. The van der Waals surface area contributed by atoms with Gasteiger partial charge in [0.25, 0.3) is 0 Å². The Morgan fingerprint density at radius 1 is 1.20 bits per heavy atom. The van der Waals surface area contributed by atoms with E-state index in [1.165, 1.54) is 26.0 Å². The summed E-state index contributed by atoms with van der Waals surface area (Å²) in [6, 6.07) is 4.39. The number of aliphatic carboxylic acids is 1. The molecule has 1 aromatic carbocycles. The van der Waals surface area contributed by atoms with Gasteiger partial charge in [-0.3, -0.25) is 0 Å². The van der Waals surface area contributed by atoms with Gasteiger partial charge in [-0.1, -0.05) is 6.07 Å². The molecule has 0 saturated heterocycles. The average molecular weight is 282 g/mol. The minimum atomic E-state index is -1.57. The molecule has 0 spiro atoms. The second-order valence-corrected chi connectivity index (χ2v) is 5.02. The lowest BCUT2D eigenvalue weighted by atomic mass is 10.1. The normalized spacial score (nSPS) is 11.2. The van der Waals surface area contributed by atoms with Gasteiger partial charge < -0.3 is 19.7 Å². The van der Waals surface area contributed by atoms with Gasteiger partial charge in [0.05, 0.1) is 6.10 Å². The van der Waals surface area contributed by atoms with E-state index < -0.39 is 17.5 Å². The SMILES string of the molecule is CC(C)Oc1cccc(C(=O)O)c1OC(C)(C)C(=O)O. The lowest BCUT2D eigenvalue weighted by Crippen LogP contribution is -2.38. The molecule has 0 aliphatic heterocycles. The van der Waals surface area contributed by atoms with Gasteiger partial charge in [0.15, 0.2) is 17.1 Å². The minimum Gasteiger partial charge on any atom is -0.487 e. The summed E-state index contributed by atoms with van der Waals surface area (Å²) in [5, 5.41) is 18.3. The summed E-state index contributed by atoms with van der Waals surface area (Å²) >= 11 is 0. The van der Waals surface area contributed by atoms with Gasteiger partial charge in [-0.25, -0.2) is 9.59 Å². The minimum absolute atomic E-state index is 0.0823. The van der Waals surface area contributed by atoms with E-state index in [4.69, 9.17) is 14.6 Å². The molecule has 0 aliphatic rings. The Labute approximate surface area is 116 Å². The van der Waals surface area contributed by atoms with Gasteiger partial charge in [0.1, 0.15) is 5.56 Å². The zero-order chi connectivity index (χ0) is 15.5. The molecule has 0 unspecified atom stereocenters. The Hall–Kier alpha value is -2.24. The van der Waals surface area contributed by atoms with Crippen molar-refractivity contribution in [3.05, 3.63) is 23.8 Å². The molecule has 0 fully saturated rings. The third-order valence-electron chi connectivity index (χ3n) is 2.44. The van der Waals surface area contributed by atoms with Gasteiger partial charge in [0, 0.05) is 0 Å². The fourth-order valence-electron chi connectivity index (χ4n) is 1.44. The molecule has 6 nitrogen and oxygen atoms in total. The van der Waals surface area contributed by atoms with Crippen molar-refractivity contribution in [3.63, 3.8) is 0 Å². The predicted molar refractivity (Wildman–Crippen MR) is 71.5 cm³/mol. The largest absolute Gasteiger partial charge is 0.487 e. The van der Waals surface area contributed by atoms with E-state index in [1.54, 1.807) is 19.9 Å². The molecule has 0 aliphatic carbocycles. The van der Waals surface area contributed by atoms with Crippen molar-refractivity contribution in [1.82, 2.24) is 0 Å². The van der Waals surface area contributed by atoms with Crippen molar-refractivity contribution >= 4 is 11.9 Å². The first-order valence-corrected chi connectivity index (χ1v) is 6.10. The highest BCUT2D eigenvalue weighted by Gasteiger charge is 2.32. The Bertz CT molecular complexity index is 518. The number of carbonyl (C=O) groups is 2. The van der Waals surface area contributed by atoms with Gasteiger partial charge >= 0.3 is 11.9 Å². The number of para-hydroxylation sites is 1. The summed E-state index contributed by atoms with van der Waals surface area (Å²) in [7, 11) is 0. The van der Waals surface area contributed by atoms with Crippen molar-refractivity contribution in [2.45, 2.75) is 39.4 Å². The lowest BCUT2D eigenvalue weighted by Gasteiger charge is -2.25. The molecule has 2 N–H and O–H groups in total. The Balaban J connectivity index is 3.31. The van der Waals surface area contributed by atoms with Gasteiger partial charge in [-0.05, 0) is 39.8 Å². The summed E-state index contributed by atoms with van der Waals surface area (Å²) in [5.41, 5.74) is -1.71. The first kappa shape index (κ1) is 15.8. The summed E-state index contributed by atoms with van der Waals surface area (Å²) in [6.45, 7) is 6.24. The molecule has 110 valence electrons. The van der Waals surface area contributed by atoms with Crippen LogP contribution in [-0.2, 0) is 4.79 Å². The Kier molecular flexibility index (Phi) is 4.60. The van der Waals surface area contributed by atoms with E-state index >= 15 is 0 Å². The molecular weight excluding hydrogens is 264 g/mol. The van der Waals surface area contributed by atoms with Crippen LogP contribution in [-0.4, -0.2) is 33.9 Å². The molecule has 1 aromatic rings. The van der Waals surface area contributed by atoms with Crippen molar-refractivity contribution in [3.8, 4) is 11.5 Å². The van der Waals surface area contributed by atoms with Crippen molar-refractivity contribution in [2.24, 2.45) is 0 Å². The van der Waals surface area contributed by atoms with Crippen LogP contribution in [0.2, 0.25) is 0 Å². The number of hydrogen-bond donors (Lipinski definition) is 2. The smallest absolute Gasteiger partial charge is 0.347 e. The molecule has 0 bridgehead atoms. The van der Waals surface area contributed by atoms with E-state index in [1.807, 2.05) is 0 Å². The predicted octanol–water partition coefficient (Wildman–Crippen LogP) is 2.41. The zero-order valence-corrected chi connectivity index (χ0v) is 11.8. The Morgan fingerprint density at radius 2 is 1.80 bits per heavy atom. The number of rotatable bonds is 6. The monoisotopic (exact) mass is 282 g/mol. The number of aromatic carboxylic acids is 1. The molecule has 6 heteroatoms. The standard InChI is InChI=1S/C14H18O6/c1-8(2)19-10-7-5-6-9(12(15)16)11(10)20-14(3,4)13(17)18/h5-8H,1-4H3,(H,15,16)(H,17,18). The number of carboxylic acids is 2. The average Bonchev–Trinajstić information content (AvgIpc) is 2.29. The first-order valence-electron chi connectivity index (χ1n) is 6.10. The van der Waals surface area contributed by atoms with E-state index in [0.717, 1.165) is 0 Å². The van der Waals surface area contributed by atoms with Crippen molar-refractivity contribution < 1.29 is 29.3 Å². The molecule has 1 rings (SSSR count). The summed E-state index contributed by atoms with van der Waals surface area (Å²) in [6.07, 6.45) is -0.200. The highest BCUT2D eigenvalue weighted by atomic mass is 16.6. The van der Waals surface area contributed by atoms with E-state index in [0.29, 0.717) is 0 Å². The third-order valence-corrected chi connectivity index (χ3v) is 2.44. The molecule has 0 aromatic heterocycles. The Morgan fingerprint density at radius 3 is 2.25 bits per heavy atom. The molecule has 0 radical (unpaired) electrons. The van der Waals surface area contributed by atoms with Crippen molar-refractivity contribution in [2.75, 3.05) is 0 Å². The fraction of sp³-hybridized carbons (Fsp3) is 0.429. The van der Waals surface area contributed by atoms with Crippen LogP contribution >= 0.6 is 0 Å². The maximum atomic E-state index is 11.2. The van der Waals surface area contributed by atoms with Crippen LogP contribution in [0.25, 0.3) is 0 Å². The number of carboxylic acid groups (broad SMARTS) is 2. The molecule has 0 heterocycles. The van der Waals surface area contributed by atoms with Gasteiger partial charge in [-0.15, -0.1) is 0 Å². The molecule has 0 atom stereocenters. The highest BCUT2D eigenvalue weighted by Crippen LogP contribution is 2.35. The van der Waals surface area contributed by atoms with E-state index in [2.05, 4.69) is 0 Å². The van der Waals surface area contributed by atoms with Crippen LogP contribution in [0.3, 0.4) is 0 Å². The van der Waals surface area contributed by atoms with E-state index in [-0.39, 0.29) is 23.2 Å². The quantitative estimate of drug-likeness (QED) is 0.832. The van der Waals surface area contributed by atoms with Crippen LogP contribution in [0.1, 0.15) is 38.1 Å². The second-order valence-electron chi connectivity index (χ2n) is 5.02. The van der Waals surface area contributed by atoms with Crippen LogP contribution in [0.15, 0.2) is 18.2 Å². The fourth-order valence-corrected chi connectivity index (χ4v) is 1.44. The van der Waals surface area contributed by atoms with Crippen LogP contribution in [0.4, 0.5) is 0 Å². The third kappa shape index (κ3) is 3.63. The van der Waals surface area contributed by atoms with Gasteiger partial charge in [0.2, 0.25) is 0 Å². The van der Waals surface area contributed by atoms with Crippen LogP contribution in [0, 0.1) is 0 Å². The number of benzene rings is 1. The summed E-state index contributed by atoms with van der Waals surface area (Å²) in [5.74, 6) is -2.29. The molecular formula is C14H18O6. The molecule has 20 heavy (non-hydrogen) atoms. The molecule has 0 amide bonds. The van der Waals surface area contributed by atoms with Crippen LogP contribution in [0.5, 0.6) is 11.5 Å². The van der Waals surface area contributed by atoms with Crippen molar-refractivity contribution in [1.29, 1.82) is 0 Å². The van der Waals surface area contributed by atoms with Crippen LogP contribution < -0.4 is 9.47 Å². The summed E-state index contributed by atoms with van der Waals surface area (Å²) in [4.78, 5) is 22.4. The zero-order valence-electron chi connectivity index (χ0n) is 11.8. The number of ether oxygens (including phenoxy) is 2. The summed E-state index contributed by atoms with van der Waals surface area (Å²) < 4.78 is 10.9. The molecule has 0 saturated carbocycles. The lowest BCUT2D eigenvalue weighted by molar-refractivity contribution is -0.152. The highest BCUT2D eigenvalue weighted by molar-refractivity contribution is 5.92. The topological polar surface area (TPSA) is 93.1 Å².